The van der Waals surface area contributed by atoms with Gasteiger partial charge in [-0.15, -0.1) is 0 Å². The highest BCUT2D eigenvalue weighted by molar-refractivity contribution is 6.23. The smallest absolute Gasteiger partial charge is 0.00199 e. The summed E-state index contributed by atoms with van der Waals surface area (Å²) in [7, 11) is 0. The molecule has 8 aromatic rings. The Labute approximate surface area is 259 Å². The van der Waals surface area contributed by atoms with Crippen LogP contribution in [0.5, 0.6) is 0 Å². The summed E-state index contributed by atoms with van der Waals surface area (Å²) in [5.41, 5.74) is 8.98. The van der Waals surface area contributed by atoms with E-state index in [0.717, 1.165) is 0 Å². The number of benzene rings is 8. The van der Waals surface area contributed by atoms with E-state index in [1.165, 1.54) is 82.0 Å². The van der Waals surface area contributed by atoms with Gasteiger partial charge >= 0.3 is 0 Å². The van der Waals surface area contributed by atoms with Crippen molar-refractivity contribution in [1.82, 2.24) is 0 Å². The summed E-state index contributed by atoms with van der Waals surface area (Å²) in [6.07, 6.45) is 0. The van der Waals surface area contributed by atoms with Crippen molar-refractivity contribution in [3.05, 3.63) is 157 Å². The number of hydrogen-bond acceptors (Lipinski definition) is 0. The zero-order chi connectivity index (χ0) is 29.8. The Bertz CT molecular complexity index is 2350. The lowest BCUT2D eigenvalue weighted by Crippen LogP contribution is -2.10. The molecular weight excluding hydrogens is 528 g/mol. The molecule has 0 saturated heterocycles. The van der Waals surface area contributed by atoms with Gasteiger partial charge in [0.25, 0.3) is 0 Å². The van der Waals surface area contributed by atoms with Crippen molar-refractivity contribution in [2.75, 3.05) is 0 Å². The molecule has 0 aliphatic rings. The van der Waals surface area contributed by atoms with Crippen LogP contribution in [0.15, 0.2) is 152 Å². The molecular formula is C44H34. The van der Waals surface area contributed by atoms with E-state index in [9.17, 15) is 0 Å². The van der Waals surface area contributed by atoms with Crippen LogP contribution in [-0.4, -0.2) is 0 Å². The van der Waals surface area contributed by atoms with E-state index >= 15 is 0 Å². The van der Waals surface area contributed by atoms with Gasteiger partial charge in [-0.3, -0.25) is 0 Å². The van der Waals surface area contributed by atoms with Crippen LogP contribution in [0.2, 0.25) is 0 Å². The molecule has 0 saturated carbocycles. The third-order valence-corrected chi connectivity index (χ3v) is 9.17. The van der Waals surface area contributed by atoms with Gasteiger partial charge in [-0.05, 0) is 112 Å². The molecule has 0 radical (unpaired) electrons. The molecule has 0 heterocycles. The van der Waals surface area contributed by atoms with Gasteiger partial charge in [0.2, 0.25) is 0 Å². The number of hydrogen-bond donors (Lipinski definition) is 0. The summed E-state index contributed by atoms with van der Waals surface area (Å²) in [6, 6.07) is 56.2. The van der Waals surface area contributed by atoms with Gasteiger partial charge in [0, 0.05) is 0 Å². The SMILES string of the molecule is CC(C)(C)c1ccc2c(-c3cc4ccccc4cc3-c3ccccc3)c3ccccc3c(-c3ccc4ccccc4c3)c2c1. The summed E-state index contributed by atoms with van der Waals surface area (Å²) >= 11 is 0. The molecule has 0 fully saturated rings. The van der Waals surface area contributed by atoms with Crippen LogP contribution in [0.1, 0.15) is 26.3 Å². The maximum atomic E-state index is 2.46. The van der Waals surface area contributed by atoms with E-state index in [0.29, 0.717) is 0 Å². The van der Waals surface area contributed by atoms with Gasteiger partial charge in [0.1, 0.15) is 0 Å². The van der Waals surface area contributed by atoms with Gasteiger partial charge in [-0.1, -0.05) is 148 Å². The molecule has 0 aliphatic heterocycles. The first-order chi connectivity index (χ1) is 21.5. The maximum absolute atomic E-state index is 2.46. The highest BCUT2D eigenvalue weighted by Gasteiger charge is 2.22. The Morgan fingerprint density at radius 3 is 1.57 bits per heavy atom. The van der Waals surface area contributed by atoms with E-state index < -0.39 is 0 Å². The third-order valence-electron chi connectivity index (χ3n) is 9.17. The van der Waals surface area contributed by atoms with Crippen molar-refractivity contribution in [3.8, 4) is 33.4 Å². The molecule has 0 heteroatoms. The average Bonchev–Trinajstić information content (AvgIpc) is 3.06. The minimum absolute atomic E-state index is 0.0266. The summed E-state index contributed by atoms with van der Waals surface area (Å²) in [6.45, 7) is 6.92. The quantitative estimate of drug-likeness (QED) is 0.188. The third kappa shape index (κ3) is 4.38. The number of rotatable bonds is 3. The first-order valence-corrected chi connectivity index (χ1v) is 15.5. The molecule has 0 spiro atoms. The highest BCUT2D eigenvalue weighted by Crippen LogP contribution is 2.48. The minimum atomic E-state index is 0.0266. The van der Waals surface area contributed by atoms with Crippen LogP contribution in [0.25, 0.3) is 76.5 Å². The molecule has 44 heavy (non-hydrogen) atoms. The molecule has 0 unspecified atom stereocenters. The van der Waals surface area contributed by atoms with Crippen molar-refractivity contribution in [1.29, 1.82) is 0 Å². The molecule has 8 rings (SSSR count). The zero-order valence-corrected chi connectivity index (χ0v) is 25.4. The molecule has 0 N–H and O–H groups in total. The molecule has 8 aromatic carbocycles. The van der Waals surface area contributed by atoms with E-state index in [1.54, 1.807) is 0 Å². The van der Waals surface area contributed by atoms with Crippen LogP contribution in [0.4, 0.5) is 0 Å². The average molecular weight is 563 g/mol. The minimum Gasteiger partial charge on any atom is -0.0622 e. The molecule has 0 aliphatic carbocycles. The normalized spacial score (nSPS) is 12.0. The maximum Gasteiger partial charge on any atom is -0.00199 e. The van der Waals surface area contributed by atoms with Crippen molar-refractivity contribution < 1.29 is 0 Å². The van der Waals surface area contributed by atoms with Gasteiger partial charge < -0.3 is 0 Å². The van der Waals surface area contributed by atoms with Crippen LogP contribution in [0.3, 0.4) is 0 Å². The van der Waals surface area contributed by atoms with Crippen molar-refractivity contribution >= 4 is 43.1 Å². The Kier molecular flexibility index (Phi) is 6.13. The predicted octanol–water partition coefficient (Wildman–Crippen LogP) is 12.6. The van der Waals surface area contributed by atoms with E-state index in [4.69, 9.17) is 0 Å². The number of fused-ring (bicyclic) bond motifs is 4. The van der Waals surface area contributed by atoms with Crippen LogP contribution in [0, 0.1) is 0 Å². The van der Waals surface area contributed by atoms with Crippen molar-refractivity contribution in [2.24, 2.45) is 0 Å². The molecule has 0 nitrogen and oxygen atoms in total. The Hall–Kier alpha value is -5.20. The van der Waals surface area contributed by atoms with E-state index in [-0.39, 0.29) is 5.41 Å². The Morgan fingerprint density at radius 1 is 0.341 bits per heavy atom. The second-order valence-electron chi connectivity index (χ2n) is 13.0. The summed E-state index contributed by atoms with van der Waals surface area (Å²) < 4.78 is 0. The largest absolute Gasteiger partial charge is 0.0622 e. The second-order valence-corrected chi connectivity index (χ2v) is 13.0. The monoisotopic (exact) mass is 562 g/mol. The van der Waals surface area contributed by atoms with Crippen molar-refractivity contribution in [3.63, 3.8) is 0 Å². The fourth-order valence-electron chi connectivity index (χ4n) is 6.89. The fraction of sp³-hybridized carbons (Fsp3) is 0.0909. The highest BCUT2D eigenvalue weighted by atomic mass is 14.3. The predicted molar refractivity (Wildman–Crippen MR) is 191 cm³/mol. The van der Waals surface area contributed by atoms with E-state index in [2.05, 4.69) is 172 Å². The van der Waals surface area contributed by atoms with Crippen LogP contribution in [-0.2, 0) is 5.41 Å². The molecule has 0 amide bonds. The van der Waals surface area contributed by atoms with Crippen LogP contribution < -0.4 is 0 Å². The van der Waals surface area contributed by atoms with Gasteiger partial charge in [0.15, 0.2) is 0 Å². The molecule has 210 valence electrons. The van der Waals surface area contributed by atoms with Gasteiger partial charge in [-0.25, -0.2) is 0 Å². The standard InChI is InChI=1S/C44H34/c1-44(2,3)35-23-24-38-41(28-35)42(34-22-21-29-13-7-8-16-31(29)25-34)36-19-11-12-20-37(36)43(38)40-27-33-18-10-9-17-32(33)26-39(40)30-14-5-4-6-15-30/h4-28H,1-3H3. The molecule has 0 bridgehead atoms. The van der Waals surface area contributed by atoms with E-state index in [1.807, 2.05) is 0 Å². The van der Waals surface area contributed by atoms with Crippen LogP contribution >= 0.6 is 0 Å². The lowest BCUT2D eigenvalue weighted by Gasteiger charge is -2.24. The second kappa shape index (κ2) is 10.2. The topological polar surface area (TPSA) is 0 Å². The zero-order valence-electron chi connectivity index (χ0n) is 25.4. The van der Waals surface area contributed by atoms with Gasteiger partial charge in [0.05, 0.1) is 0 Å². The first kappa shape index (κ1) is 26.4. The Morgan fingerprint density at radius 2 is 0.886 bits per heavy atom. The first-order valence-electron chi connectivity index (χ1n) is 15.5. The Balaban J connectivity index is 1.55. The molecule has 0 aromatic heterocycles. The summed E-state index contributed by atoms with van der Waals surface area (Å²) in [4.78, 5) is 0. The van der Waals surface area contributed by atoms with Crippen molar-refractivity contribution in [2.45, 2.75) is 26.2 Å². The summed E-state index contributed by atoms with van der Waals surface area (Å²) in [5, 5.41) is 10.2. The molecule has 0 atom stereocenters. The van der Waals surface area contributed by atoms with Gasteiger partial charge in [-0.2, -0.15) is 0 Å². The summed E-state index contributed by atoms with van der Waals surface area (Å²) in [5.74, 6) is 0. The lowest BCUT2D eigenvalue weighted by molar-refractivity contribution is 0.591. The lowest BCUT2D eigenvalue weighted by atomic mass is 9.80. The fourth-order valence-corrected chi connectivity index (χ4v) is 6.89.